The van der Waals surface area contributed by atoms with Gasteiger partial charge in [0.2, 0.25) is 10.0 Å². The average molecular weight is 619 g/mol. The normalized spacial score (nSPS) is 12.6. The summed E-state index contributed by atoms with van der Waals surface area (Å²) in [7, 11) is -3.00. The van der Waals surface area contributed by atoms with Crippen molar-refractivity contribution >= 4 is 33.4 Å². The van der Waals surface area contributed by atoms with Gasteiger partial charge in [0.05, 0.1) is 28.8 Å². The molecular formula is C33H38N4O4S2. The van der Waals surface area contributed by atoms with Gasteiger partial charge in [0.1, 0.15) is 0 Å². The number of nitrogens with zero attached hydrogens (tertiary/aromatic N) is 2. The fourth-order valence-electron chi connectivity index (χ4n) is 4.70. The Morgan fingerprint density at radius 3 is 2.09 bits per heavy atom. The van der Waals surface area contributed by atoms with Crippen LogP contribution in [0.5, 0.6) is 5.88 Å². The molecule has 43 heavy (non-hydrogen) atoms. The number of rotatable bonds is 11. The molecule has 5 rings (SSSR count). The van der Waals surface area contributed by atoms with Gasteiger partial charge in [-0.1, -0.05) is 85.8 Å². The summed E-state index contributed by atoms with van der Waals surface area (Å²) in [6.45, 7) is 9.75. The highest BCUT2D eigenvalue weighted by Gasteiger charge is 2.33. The van der Waals surface area contributed by atoms with Crippen molar-refractivity contribution in [2.24, 2.45) is 4.99 Å². The maximum Gasteiger partial charge on any atom is 0.280 e. The lowest BCUT2D eigenvalue weighted by atomic mass is 9.99. The van der Waals surface area contributed by atoms with Gasteiger partial charge >= 0.3 is 0 Å². The summed E-state index contributed by atoms with van der Waals surface area (Å²) in [5.41, 5.74) is 4.76. The van der Waals surface area contributed by atoms with Crippen molar-refractivity contribution in [3.8, 4) is 17.1 Å². The van der Waals surface area contributed by atoms with Crippen molar-refractivity contribution in [1.29, 1.82) is 0 Å². The molecule has 10 heteroatoms. The number of hydrogen-bond donors (Lipinski definition) is 3. The number of carbonyl (C=O) groups excluding carboxylic acids is 1. The largest absolute Gasteiger partial charge is 0.494 e. The van der Waals surface area contributed by atoms with E-state index in [-0.39, 0.29) is 11.8 Å². The van der Waals surface area contributed by atoms with Crippen LogP contribution >= 0.6 is 11.8 Å². The zero-order valence-electron chi connectivity index (χ0n) is 24.9. The number of aromatic nitrogens is 1. The van der Waals surface area contributed by atoms with E-state index in [9.17, 15) is 18.3 Å². The van der Waals surface area contributed by atoms with Crippen LogP contribution < -0.4 is 4.72 Å². The molecular weight excluding hydrogens is 581 g/mol. The molecule has 0 fully saturated rings. The van der Waals surface area contributed by atoms with Gasteiger partial charge < -0.3 is 15.0 Å². The Kier molecular flexibility index (Phi) is 11.0. The highest BCUT2D eigenvalue weighted by Crippen LogP contribution is 2.38. The molecule has 2 heterocycles. The van der Waals surface area contributed by atoms with E-state index in [1.54, 1.807) is 11.8 Å². The Labute approximate surface area is 258 Å². The molecule has 1 aliphatic heterocycles. The predicted octanol–water partition coefficient (Wildman–Crippen LogP) is 6.11. The minimum absolute atomic E-state index is 0.0343. The van der Waals surface area contributed by atoms with Crippen LogP contribution in [-0.4, -0.2) is 67.5 Å². The molecule has 0 spiro atoms. The molecule has 0 atom stereocenters. The molecule has 0 saturated heterocycles. The summed E-state index contributed by atoms with van der Waals surface area (Å²) in [4.78, 5) is 24.5. The first-order valence-electron chi connectivity index (χ1n) is 14.2. The molecule has 0 radical (unpaired) electrons. The van der Waals surface area contributed by atoms with Crippen molar-refractivity contribution in [1.82, 2.24) is 14.6 Å². The molecule has 226 valence electrons. The number of benzene rings is 3. The molecule has 0 unspecified atom stereocenters. The van der Waals surface area contributed by atoms with Crippen molar-refractivity contribution in [3.05, 3.63) is 101 Å². The lowest BCUT2D eigenvalue weighted by Crippen LogP contribution is -2.29. The number of aromatic amines is 1. The van der Waals surface area contributed by atoms with E-state index >= 15 is 0 Å². The van der Waals surface area contributed by atoms with Gasteiger partial charge in [0, 0.05) is 21.9 Å². The summed E-state index contributed by atoms with van der Waals surface area (Å²) in [5.74, 6) is -0.372. The SMILES string of the molecule is CCN(CC)CCCNS(C)(=O)=O.Cc1ccc(C2=NC(=O)c3c(-c4ccc(Sc5ccccc5)cc4)[nH]c(O)c32)cc1. The number of aromatic hydroxyl groups is 1. The summed E-state index contributed by atoms with van der Waals surface area (Å²) >= 11 is 1.67. The van der Waals surface area contributed by atoms with Crippen LogP contribution in [-0.2, 0) is 10.0 Å². The third kappa shape index (κ3) is 8.67. The molecule has 4 aromatic rings. The number of hydrogen-bond acceptors (Lipinski definition) is 6. The van der Waals surface area contributed by atoms with Crippen molar-refractivity contribution in [2.75, 3.05) is 32.4 Å². The molecule has 3 N–H and O–H groups in total. The maximum absolute atomic E-state index is 12.7. The lowest BCUT2D eigenvalue weighted by molar-refractivity contribution is 0.101. The van der Waals surface area contributed by atoms with E-state index in [4.69, 9.17) is 0 Å². The van der Waals surface area contributed by atoms with Crippen LogP contribution in [0.4, 0.5) is 0 Å². The molecule has 0 saturated carbocycles. The van der Waals surface area contributed by atoms with Gasteiger partial charge in [-0.25, -0.2) is 18.1 Å². The number of H-pyrrole nitrogens is 1. The first kappa shape index (κ1) is 32.2. The third-order valence-corrected chi connectivity index (χ3v) is 8.75. The van der Waals surface area contributed by atoms with Gasteiger partial charge in [-0.05, 0) is 62.8 Å². The molecule has 0 bridgehead atoms. The quantitative estimate of drug-likeness (QED) is 0.175. The average Bonchev–Trinajstić information content (AvgIpc) is 3.52. The van der Waals surface area contributed by atoms with Crippen LogP contribution in [0.25, 0.3) is 11.3 Å². The van der Waals surface area contributed by atoms with E-state index in [2.05, 4.69) is 45.6 Å². The lowest BCUT2D eigenvalue weighted by Gasteiger charge is -2.17. The zero-order chi connectivity index (χ0) is 31.0. The molecule has 1 amide bonds. The second-order valence-corrected chi connectivity index (χ2v) is 13.2. The van der Waals surface area contributed by atoms with Gasteiger partial charge in [-0.15, -0.1) is 0 Å². The minimum atomic E-state index is -3.00. The number of amides is 1. The Morgan fingerprint density at radius 2 is 1.49 bits per heavy atom. The van der Waals surface area contributed by atoms with Gasteiger partial charge in [0.25, 0.3) is 5.91 Å². The Balaban J connectivity index is 0.000000277. The van der Waals surface area contributed by atoms with Crippen LogP contribution in [0.15, 0.2) is 93.6 Å². The number of aliphatic imine (C=N–C) groups is 1. The third-order valence-electron chi connectivity index (χ3n) is 7.00. The van der Waals surface area contributed by atoms with E-state index in [1.165, 1.54) is 6.26 Å². The number of nitrogens with one attached hydrogen (secondary N) is 2. The summed E-state index contributed by atoms with van der Waals surface area (Å²) in [6, 6.07) is 25.8. The van der Waals surface area contributed by atoms with E-state index in [1.807, 2.05) is 73.7 Å². The second-order valence-electron chi connectivity index (χ2n) is 10.2. The predicted molar refractivity (Wildman–Crippen MR) is 175 cm³/mol. The Bertz CT molecular complexity index is 1660. The Hall–Kier alpha value is -3.70. The van der Waals surface area contributed by atoms with Crippen LogP contribution in [0.1, 0.15) is 47.3 Å². The molecule has 3 aromatic carbocycles. The summed E-state index contributed by atoms with van der Waals surface area (Å²) in [5, 5.41) is 10.6. The first-order chi connectivity index (χ1) is 20.6. The van der Waals surface area contributed by atoms with Crippen LogP contribution in [0.2, 0.25) is 0 Å². The van der Waals surface area contributed by atoms with Crippen LogP contribution in [0, 0.1) is 6.92 Å². The van der Waals surface area contributed by atoms with E-state index in [0.29, 0.717) is 29.1 Å². The first-order valence-corrected chi connectivity index (χ1v) is 17.0. The van der Waals surface area contributed by atoms with Crippen LogP contribution in [0.3, 0.4) is 0 Å². The Morgan fingerprint density at radius 1 is 0.884 bits per heavy atom. The van der Waals surface area contributed by atoms with E-state index < -0.39 is 10.0 Å². The van der Waals surface area contributed by atoms with E-state index in [0.717, 1.165) is 52.5 Å². The topological polar surface area (TPSA) is 115 Å². The highest BCUT2D eigenvalue weighted by molar-refractivity contribution is 7.99. The fourth-order valence-corrected chi connectivity index (χ4v) is 6.05. The molecule has 1 aliphatic rings. The number of sulfonamides is 1. The van der Waals surface area contributed by atoms with Gasteiger partial charge in [-0.3, -0.25) is 4.79 Å². The minimum Gasteiger partial charge on any atom is -0.494 e. The summed E-state index contributed by atoms with van der Waals surface area (Å²) in [6.07, 6.45) is 2.05. The van der Waals surface area contributed by atoms with Crippen molar-refractivity contribution < 1.29 is 18.3 Å². The van der Waals surface area contributed by atoms with Crippen molar-refractivity contribution in [3.63, 3.8) is 0 Å². The second kappa shape index (κ2) is 14.7. The molecule has 8 nitrogen and oxygen atoms in total. The number of aryl methyl sites for hydroxylation is 1. The number of carbonyl (C=O) groups is 1. The zero-order valence-corrected chi connectivity index (χ0v) is 26.6. The fraction of sp³-hybridized carbons (Fsp3) is 0.273. The maximum atomic E-state index is 12.7. The smallest absolute Gasteiger partial charge is 0.280 e. The molecule has 0 aliphatic carbocycles. The van der Waals surface area contributed by atoms with Gasteiger partial charge in [-0.2, -0.15) is 0 Å². The molecule has 1 aromatic heterocycles. The van der Waals surface area contributed by atoms with Crippen molar-refractivity contribution in [2.45, 2.75) is 37.0 Å². The standard InChI is InChI=1S/C25H18N2O2S.C8H20N2O2S/c1-15-7-9-16(10-8-15)22-20-21(25(29)26-22)23(27-24(20)28)17-11-13-19(14-12-17)30-18-5-3-2-4-6-18;1-4-10(5-2)8-6-7-9-13(3,11)12/h2-14,27-28H,1H3;9H,4-8H2,1-3H3. The highest BCUT2D eigenvalue weighted by atomic mass is 32.2. The monoisotopic (exact) mass is 618 g/mol. The summed E-state index contributed by atoms with van der Waals surface area (Å²) < 4.78 is 23.9. The number of fused-ring (bicyclic) bond motifs is 1. The van der Waals surface area contributed by atoms with Gasteiger partial charge in [0.15, 0.2) is 5.88 Å².